The second-order valence-corrected chi connectivity index (χ2v) is 9.10. The van der Waals surface area contributed by atoms with Crippen molar-refractivity contribution in [2.75, 3.05) is 17.8 Å². The van der Waals surface area contributed by atoms with Gasteiger partial charge in [-0.05, 0) is 42.8 Å². The second kappa shape index (κ2) is 7.55. The predicted octanol–water partition coefficient (Wildman–Crippen LogP) is 2.83. The smallest absolute Gasteiger partial charge is 0.261 e. The average Bonchev–Trinajstić information content (AvgIpc) is 2.58. The molecule has 0 aliphatic carbocycles. The van der Waals surface area contributed by atoms with Crippen LogP contribution in [-0.4, -0.2) is 34.2 Å². The van der Waals surface area contributed by atoms with Crippen LogP contribution in [-0.2, 0) is 20.0 Å². The summed E-state index contributed by atoms with van der Waals surface area (Å²) in [4.78, 5) is 0.0836. The molecule has 0 aliphatic rings. The molecule has 0 saturated carbocycles. The largest absolute Gasteiger partial charge is 0.279 e. The van der Waals surface area contributed by atoms with Gasteiger partial charge in [0.25, 0.3) is 10.0 Å². The van der Waals surface area contributed by atoms with Crippen molar-refractivity contribution in [1.29, 1.82) is 0 Å². The summed E-state index contributed by atoms with van der Waals surface area (Å²) in [6.07, 6.45) is 0. The van der Waals surface area contributed by atoms with E-state index in [9.17, 15) is 16.8 Å². The molecule has 2 aromatic carbocycles. The minimum absolute atomic E-state index is 0.00856. The molecule has 0 atom stereocenters. The minimum atomic E-state index is -3.79. The Bertz CT molecular complexity index is 933. The van der Waals surface area contributed by atoms with Crippen LogP contribution in [0.15, 0.2) is 58.3 Å². The Morgan fingerprint density at radius 3 is 1.88 bits per heavy atom. The van der Waals surface area contributed by atoms with E-state index >= 15 is 0 Å². The van der Waals surface area contributed by atoms with Crippen molar-refractivity contribution >= 4 is 25.7 Å². The number of para-hydroxylation sites is 1. The van der Waals surface area contributed by atoms with Crippen LogP contribution < -0.4 is 4.72 Å². The number of anilines is 1. The lowest BCUT2D eigenvalue weighted by Crippen LogP contribution is -2.30. The molecule has 1 N–H and O–H groups in total. The van der Waals surface area contributed by atoms with Crippen LogP contribution in [0, 0.1) is 6.92 Å². The van der Waals surface area contributed by atoms with E-state index in [4.69, 9.17) is 0 Å². The monoisotopic (exact) mass is 382 g/mol. The number of aryl methyl sites for hydroxylation is 1. The molecule has 8 heteroatoms. The van der Waals surface area contributed by atoms with Gasteiger partial charge in [0, 0.05) is 13.1 Å². The van der Waals surface area contributed by atoms with E-state index in [1.165, 1.54) is 28.6 Å². The first-order valence-electron chi connectivity index (χ1n) is 7.91. The van der Waals surface area contributed by atoms with Crippen molar-refractivity contribution in [3.05, 3.63) is 54.1 Å². The van der Waals surface area contributed by atoms with Crippen LogP contribution in [0.4, 0.5) is 5.69 Å². The maximum absolute atomic E-state index is 12.5. The Labute approximate surface area is 149 Å². The number of nitrogens with one attached hydrogen (secondary N) is 1. The number of sulfonamides is 2. The van der Waals surface area contributed by atoms with Crippen molar-refractivity contribution in [2.45, 2.75) is 30.6 Å². The maximum Gasteiger partial charge on any atom is 0.261 e. The Hall–Kier alpha value is -1.90. The molecule has 0 aromatic heterocycles. The van der Waals surface area contributed by atoms with Crippen molar-refractivity contribution in [1.82, 2.24) is 4.31 Å². The van der Waals surface area contributed by atoms with Crippen LogP contribution in [0.5, 0.6) is 0 Å². The Morgan fingerprint density at radius 2 is 1.36 bits per heavy atom. The van der Waals surface area contributed by atoms with Gasteiger partial charge in [0.15, 0.2) is 0 Å². The van der Waals surface area contributed by atoms with Crippen molar-refractivity contribution in [3.63, 3.8) is 0 Å². The van der Waals surface area contributed by atoms with E-state index in [0.717, 1.165) is 5.56 Å². The molecular weight excluding hydrogens is 360 g/mol. The summed E-state index contributed by atoms with van der Waals surface area (Å²) in [5.41, 5.74) is 1.29. The molecular formula is C17H22N2O4S2. The highest BCUT2D eigenvalue weighted by molar-refractivity contribution is 7.92. The van der Waals surface area contributed by atoms with Gasteiger partial charge < -0.3 is 0 Å². The van der Waals surface area contributed by atoms with Gasteiger partial charge in [-0.2, -0.15) is 4.31 Å². The van der Waals surface area contributed by atoms with Crippen molar-refractivity contribution in [3.8, 4) is 0 Å². The van der Waals surface area contributed by atoms with Gasteiger partial charge in [0.1, 0.15) is 0 Å². The summed E-state index contributed by atoms with van der Waals surface area (Å²) in [5.74, 6) is 0. The molecule has 6 nitrogen and oxygen atoms in total. The highest BCUT2D eigenvalue weighted by Crippen LogP contribution is 2.22. The van der Waals surface area contributed by atoms with Crippen LogP contribution in [0.2, 0.25) is 0 Å². The third kappa shape index (κ3) is 4.20. The lowest BCUT2D eigenvalue weighted by atomic mass is 10.2. The predicted molar refractivity (Wildman–Crippen MR) is 98.5 cm³/mol. The molecule has 0 heterocycles. The quantitative estimate of drug-likeness (QED) is 0.798. The van der Waals surface area contributed by atoms with Gasteiger partial charge in [0.2, 0.25) is 10.0 Å². The first kappa shape index (κ1) is 19.4. The zero-order valence-electron chi connectivity index (χ0n) is 14.4. The molecule has 0 amide bonds. The first-order valence-corrected chi connectivity index (χ1v) is 10.8. The van der Waals surface area contributed by atoms with Gasteiger partial charge in [-0.15, -0.1) is 0 Å². The number of rotatable bonds is 7. The number of nitrogens with zero attached hydrogens (tertiary/aromatic N) is 1. The molecule has 0 saturated heterocycles. The summed E-state index contributed by atoms with van der Waals surface area (Å²) in [6.45, 7) is 6.02. The van der Waals surface area contributed by atoms with Gasteiger partial charge in [0.05, 0.1) is 15.5 Å². The van der Waals surface area contributed by atoms with E-state index in [-0.39, 0.29) is 9.79 Å². The SMILES string of the molecule is CCN(CC)S(=O)(=O)c1ccc(S(=O)(=O)Nc2ccccc2C)cc1. The van der Waals surface area contributed by atoms with E-state index in [1.54, 1.807) is 39.0 Å². The normalized spacial score (nSPS) is 12.3. The molecule has 136 valence electrons. The third-order valence-corrected chi connectivity index (χ3v) is 7.31. The summed E-state index contributed by atoms with van der Waals surface area (Å²) < 4.78 is 53.7. The fourth-order valence-corrected chi connectivity index (χ4v) is 4.98. The molecule has 25 heavy (non-hydrogen) atoms. The molecule has 0 spiro atoms. The number of hydrogen-bond donors (Lipinski definition) is 1. The zero-order valence-corrected chi connectivity index (χ0v) is 16.1. The summed E-state index contributed by atoms with van der Waals surface area (Å²) in [6, 6.07) is 12.3. The molecule has 0 bridgehead atoms. The maximum atomic E-state index is 12.5. The highest BCUT2D eigenvalue weighted by atomic mass is 32.2. The number of benzene rings is 2. The first-order chi connectivity index (χ1) is 11.7. The van der Waals surface area contributed by atoms with Gasteiger partial charge >= 0.3 is 0 Å². The van der Waals surface area contributed by atoms with E-state index in [0.29, 0.717) is 18.8 Å². The van der Waals surface area contributed by atoms with E-state index < -0.39 is 20.0 Å². The molecule has 0 fully saturated rings. The fraction of sp³-hybridized carbons (Fsp3) is 0.294. The third-order valence-electron chi connectivity index (χ3n) is 3.87. The summed E-state index contributed by atoms with van der Waals surface area (Å²) in [7, 11) is -7.40. The topological polar surface area (TPSA) is 83.6 Å². The second-order valence-electron chi connectivity index (χ2n) is 5.48. The van der Waals surface area contributed by atoms with Crippen LogP contribution in [0.3, 0.4) is 0 Å². The Kier molecular flexibility index (Phi) is 5.87. The van der Waals surface area contributed by atoms with Crippen LogP contribution >= 0.6 is 0 Å². The molecule has 2 aromatic rings. The van der Waals surface area contributed by atoms with Crippen LogP contribution in [0.1, 0.15) is 19.4 Å². The zero-order chi connectivity index (χ0) is 18.7. The van der Waals surface area contributed by atoms with E-state index in [2.05, 4.69) is 4.72 Å². The van der Waals surface area contributed by atoms with E-state index in [1.807, 2.05) is 6.07 Å². The average molecular weight is 383 g/mol. The summed E-state index contributed by atoms with van der Waals surface area (Å²) >= 11 is 0. The molecule has 0 unspecified atom stereocenters. The standard InChI is InChI=1S/C17H22N2O4S2/c1-4-19(5-2)25(22,23)16-12-10-15(11-13-16)24(20,21)18-17-9-7-6-8-14(17)3/h6-13,18H,4-5H2,1-3H3. The molecule has 2 rings (SSSR count). The van der Waals surface area contributed by atoms with Gasteiger partial charge in [-0.3, -0.25) is 4.72 Å². The lowest BCUT2D eigenvalue weighted by Gasteiger charge is -2.18. The Morgan fingerprint density at radius 1 is 0.840 bits per heavy atom. The highest BCUT2D eigenvalue weighted by Gasteiger charge is 2.23. The molecule has 0 radical (unpaired) electrons. The van der Waals surface area contributed by atoms with Gasteiger partial charge in [-0.1, -0.05) is 32.0 Å². The van der Waals surface area contributed by atoms with Crippen LogP contribution in [0.25, 0.3) is 0 Å². The van der Waals surface area contributed by atoms with Gasteiger partial charge in [-0.25, -0.2) is 16.8 Å². The fourth-order valence-electron chi connectivity index (χ4n) is 2.39. The summed E-state index contributed by atoms with van der Waals surface area (Å²) in [5, 5.41) is 0. The lowest BCUT2D eigenvalue weighted by molar-refractivity contribution is 0.445. The number of hydrogen-bond acceptors (Lipinski definition) is 4. The Balaban J connectivity index is 2.32. The van der Waals surface area contributed by atoms with Crippen molar-refractivity contribution < 1.29 is 16.8 Å². The minimum Gasteiger partial charge on any atom is -0.279 e. The molecule has 0 aliphatic heterocycles. The van der Waals surface area contributed by atoms with Crippen molar-refractivity contribution in [2.24, 2.45) is 0 Å².